The molecule has 0 bridgehead atoms. The van der Waals surface area contributed by atoms with E-state index in [1.807, 2.05) is 12.1 Å². The highest BCUT2D eigenvalue weighted by Gasteiger charge is 2.04. The topological polar surface area (TPSA) is 58.0 Å². The van der Waals surface area contributed by atoms with Gasteiger partial charge in [-0.1, -0.05) is 0 Å². The highest BCUT2D eigenvalue weighted by Crippen LogP contribution is 2.21. The Morgan fingerprint density at radius 2 is 2.31 bits per heavy atom. The lowest BCUT2D eigenvalue weighted by molar-refractivity contribution is 0.208. The molecular formula is C11H12BrN3O. The zero-order valence-corrected chi connectivity index (χ0v) is 10.4. The number of aliphatic hydroxyl groups excluding tert-OH is 1. The third-order valence-corrected chi connectivity index (χ3v) is 2.57. The van der Waals surface area contributed by atoms with Gasteiger partial charge in [0.1, 0.15) is 5.52 Å². The first kappa shape index (κ1) is 11.3. The fourth-order valence-corrected chi connectivity index (χ4v) is 1.73. The van der Waals surface area contributed by atoms with E-state index >= 15 is 0 Å². The van der Waals surface area contributed by atoms with Crippen molar-refractivity contribution in [3.05, 3.63) is 29.0 Å². The summed E-state index contributed by atoms with van der Waals surface area (Å²) in [6, 6.07) is 3.77. The van der Waals surface area contributed by atoms with Crippen LogP contribution < -0.4 is 5.32 Å². The van der Waals surface area contributed by atoms with Gasteiger partial charge in [0.2, 0.25) is 0 Å². The molecule has 1 unspecified atom stereocenters. The quantitative estimate of drug-likeness (QED) is 0.906. The molecule has 0 aliphatic heterocycles. The second-order valence-electron chi connectivity index (χ2n) is 3.61. The average Bonchev–Trinajstić information content (AvgIpc) is 2.25. The van der Waals surface area contributed by atoms with Crippen LogP contribution in [-0.4, -0.2) is 27.7 Å². The Balaban J connectivity index is 2.38. The smallest absolute Gasteiger partial charge is 0.112 e. The molecule has 0 aliphatic rings. The minimum Gasteiger partial charge on any atom is -0.392 e. The lowest BCUT2D eigenvalue weighted by Gasteiger charge is -2.10. The van der Waals surface area contributed by atoms with Crippen molar-refractivity contribution in [1.29, 1.82) is 0 Å². The summed E-state index contributed by atoms with van der Waals surface area (Å²) in [6.45, 7) is 2.23. The summed E-state index contributed by atoms with van der Waals surface area (Å²) >= 11 is 3.36. The van der Waals surface area contributed by atoms with E-state index < -0.39 is 6.10 Å². The predicted molar refractivity (Wildman–Crippen MR) is 67.4 cm³/mol. The summed E-state index contributed by atoms with van der Waals surface area (Å²) in [4.78, 5) is 8.54. The van der Waals surface area contributed by atoms with Crippen molar-refractivity contribution in [2.24, 2.45) is 0 Å². The second-order valence-corrected chi connectivity index (χ2v) is 4.53. The van der Waals surface area contributed by atoms with E-state index in [2.05, 4.69) is 31.2 Å². The molecule has 84 valence electrons. The Labute approximate surface area is 102 Å². The molecule has 2 rings (SSSR count). The Hall–Kier alpha value is -1.20. The maximum Gasteiger partial charge on any atom is 0.112 e. The number of rotatable bonds is 3. The van der Waals surface area contributed by atoms with Gasteiger partial charge in [-0.25, -0.2) is 0 Å². The van der Waals surface area contributed by atoms with Crippen LogP contribution >= 0.6 is 15.9 Å². The van der Waals surface area contributed by atoms with Gasteiger partial charge < -0.3 is 10.4 Å². The molecule has 5 heteroatoms. The molecule has 16 heavy (non-hydrogen) atoms. The van der Waals surface area contributed by atoms with E-state index in [1.54, 1.807) is 19.3 Å². The fourth-order valence-electron chi connectivity index (χ4n) is 1.41. The normalized spacial score (nSPS) is 12.7. The van der Waals surface area contributed by atoms with Crippen molar-refractivity contribution < 1.29 is 5.11 Å². The van der Waals surface area contributed by atoms with Crippen LogP contribution in [0.2, 0.25) is 0 Å². The van der Waals surface area contributed by atoms with Crippen molar-refractivity contribution in [2.45, 2.75) is 13.0 Å². The number of pyridine rings is 2. The van der Waals surface area contributed by atoms with Gasteiger partial charge in [0.05, 0.1) is 17.3 Å². The average molecular weight is 282 g/mol. The first-order valence-electron chi connectivity index (χ1n) is 4.99. The molecule has 0 amide bonds. The zero-order chi connectivity index (χ0) is 11.5. The number of aliphatic hydroxyl groups is 1. The van der Waals surface area contributed by atoms with Crippen LogP contribution in [-0.2, 0) is 0 Å². The van der Waals surface area contributed by atoms with E-state index in [0.717, 1.165) is 21.2 Å². The molecule has 0 aromatic carbocycles. The van der Waals surface area contributed by atoms with E-state index in [9.17, 15) is 5.11 Å². The van der Waals surface area contributed by atoms with Gasteiger partial charge in [0.25, 0.3) is 0 Å². The Bertz CT molecular complexity index is 502. The van der Waals surface area contributed by atoms with Crippen LogP contribution in [0.25, 0.3) is 11.0 Å². The predicted octanol–water partition coefficient (Wildman–Crippen LogP) is 2.18. The first-order chi connectivity index (χ1) is 7.66. The molecule has 4 nitrogen and oxygen atoms in total. The third-order valence-electron chi connectivity index (χ3n) is 2.13. The zero-order valence-electron chi connectivity index (χ0n) is 8.81. The van der Waals surface area contributed by atoms with Gasteiger partial charge in [-0.3, -0.25) is 9.97 Å². The molecule has 0 spiro atoms. The van der Waals surface area contributed by atoms with Crippen LogP contribution in [0.1, 0.15) is 6.92 Å². The van der Waals surface area contributed by atoms with Gasteiger partial charge >= 0.3 is 0 Å². The van der Waals surface area contributed by atoms with Crippen molar-refractivity contribution in [3.63, 3.8) is 0 Å². The summed E-state index contributed by atoms with van der Waals surface area (Å²) in [5, 5.41) is 12.4. The summed E-state index contributed by atoms with van der Waals surface area (Å²) in [6.07, 6.45) is 3.07. The summed E-state index contributed by atoms with van der Waals surface area (Å²) in [5.74, 6) is 0. The number of aromatic nitrogens is 2. The van der Waals surface area contributed by atoms with Crippen LogP contribution in [0.15, 0.2) is 29.0 Å². The molecule has 0 aliphatic carbocycles. The molecule has 0 radical (unpaired) electrons. The highest BCUT2D eigenvalue weighted by molar-refractivity contribution is 9.10. The number of anilines is 1. The van der Waals surface area contributed by atoms with Crippen LogP contribution in [0.4, 0.5) is 5.69 Å². The van der Waals surface area contributed by atoms with Crippen molar-refractivity contribution >= 4 is 32.7 Å². The largest absolute Gasteiger partial charge is 0.392 e. The summed E-state index contributed by atoms with van der Waals surface area (Å²) < 4.78 is 0.903. The number of hydrogen-bond acceptors (Lipinski definition) is 4. The van der Waals surface area contributed by atoms with E-state index in [4.69, 9.17) is 0 Å². The maximum atomic E-state index is 9.22. The highest BCUT2D eigenvalue weighted by atomic mass is 79.9. The number of fused-ring (bicyclic) bond motifs is 1. The molecule has 2 heterocycles. The Kier molecular flexibility index (Phi) is 3.36. The minimum absolute atomic E-state index is 0.390. The SMILES string of the molecule is CC(O)CNc1ccnc2cc(Br)cnc12. The van der Waals surface area contributed by atoms with E-state index in [0.29, 0.717) is 6.54 Å². The Morgan fingerprint density at radius 3 is 3.06 bits per heavy atom. The van der Waals surface area contributed by atoms with Gasteiger partial charge in [-0.05, 0) is 35.0 Å². The maximum absolute atomic E-state index is 9.22. The second kappa shape index (κ2) is 4.76. The van der Waals surface area contributed by atoms with E-state index in [-0.39, 0.29) is 0 Å². The van der Waals surface area contributed by atoms with Crippen LogP contribution in [0.3, 0.4) is 0 Å². The van der Waals surface area contributed by atoms with Gasteiger partial charge in [0, 0.05) is 23.4 Å². The first-order valence-corrected chi connectivity index (χ1v) is 5.78. The number of nitrogens with one attached hydrogen (secondary N) is 1. The number of halogens is 1. The lowest BCUT2D eigenvalue weighted by atomic mass is 10.2. The molecular weight excluding hydrogens is 270 g/mol. The molecule has 2 aromatic heterocycles. The number of hydrogen-bond donors (Lipinski definition) is 2. The van der Waals surface area contributed by atoms with Crippen molar-refractivity contribution in [3.8, 4) is 0 Å². The molecule has 0 fully saturated rings. The minimum atomic E-state index is -0.390. The van der Waals surface area contributed by atoms with Crippen LogP contribution in [0.5, 0.6) is 0 Å². The standard InChI is InChI=1S/C11H12BrN3O/c1-7(16)5-14-9-2-3-13-10-4-8(12)6-15-11(9)10/h2-4,6-7,16H,5H2,1H3,(H,13,14). The molecule has 2 N–H and O–H groups in total. The fraction of sp³-hybridized carbons (Fsp3) is 0.273. The summed E-state index contributed by atoms with van der Waals surface area (Å²) in [5.41, 5.74) is 2.52. The van der Waals surface area contributed by atoms with Gasteiger partial charge in [-0.2, -0.15) is 0 Å². The van der Waals surface area contributed by atoms with Crippen LogP contribution in [0, 0.1) is 0 Å². The Morgan fingerprint density at radius 1 is 1.50 bits per heavy atom. The van der Waals surface area contributed by atoms with Crippen molar-refractivity contribution in [1.82, 2.24) is 9.97 Å². The molecule has 1 atom stereocenters. The monoisotopic (exact) mass is 281 g/mol. The summed E-state index contributed by atoms with van der Waals surface area (Å²) in [7, 11) is 0. The van der Waals surface area contributed by atoms with Crippen molar-refractivity contribution in [2.75, 3.05) is 11.9 Å². The van der Waals surface area contributed by atoms with Gasteiger partial charge in [-0.15, -0.1) is 0 Å². The molecule has 2 aromatic rings. The van der Waals surface area contributed by atoms with E-state index in [1.165, 1.54) is 0 Å². The van der Waals surface area contributed by atoms with Gasteiger partial charge in [0.15, 0.2) is 0 Å². The molecule has 0 saturated heterocycles. The number of nitrogens with zero attached hydrogens (tertiary/aromatic N) is 2. The third kappa shape index (κ3) is 2.48. The lowest BCUT2D eigenvalue weighted by Crippen LogP contribution is -2.15. The molecule has 0 saturated carbocycles.